The van der Waals surface area contributed by atoms with E-state index in [0.717, 1.165) is 35.2 Å². The molecule has 0 bridgehead atoms. The van der Waals surface area contributed by atoms with Gasteiger partial charge in [-0.15, -0.1) is 0 Å². The van der Waals surface area contributed by atoms with Crippen LogP contribution in [0.5, 0.6) is 0 Å². The zero-order valence-corrected chi connectivity index (χ0v) is 17.1. The van der Waals surface area contributed by atoms with Crippen LogP contribution < -0.4 is 5.32 Å². The molecule has 1 aliphatic heterocycles. The second kappa shape index (κ2) is 9.35. The van der Waals surface area contributed by atoms with Crippen LogP contribution in [0.1, 0.15) is 18.0 Å². The van der Waals surface area contributed by atoms with E-state index in [1.807, 2.05) is 54.4 Å². The van der Waals surface area contributed by atoms with Crippen LogP contribution in [0.2, 0.25) is 0 Å². The second-order valence-corrected chi connectivity index (χ2v) is 7.82. The summed E-state index contributed by atoms with van der Waals surface area (Å²) in [6, 6.07) is 17.8. The molecule has 0 saturated carbocycles. The number of halogens is 1. The highest BCUT2D eigenvalue weighted by molar-refractivity contribution is 9.10. The third-order valence-electron chi connectivity index (χ3n) is 5.03. The van der Waals surface area contributed by atoms with Gasteiger partial charge in [-0.3, -0.25) is 9.69 Å². The fraction of sp³-hybridized carbons (Fsp3) is 0.381. The third kappa shape index (κ3) is 5.31. The van der Waals surface area contributed by atoms with Gasteiger partial charge < -0.3 is 15.3 Å². The summed E-state index contributed by atoms with van der Waals surface area (Å²) >= 11 is 3.50. The van der Waals surface area contributed by atoms with Gasteiger partial charge in [0, 0.05) is 36.8 Å². The lowest BCUT2D eigenvalue weighted by Crippen LogP contribution is -2.41. The number of hydrogen-bond donors (Lipinski definition) is 2. The second-order valence-electron chi connectivity index (χ2n) is 6.97. The van der Waals surface area contributed by atoms with E-state index >= 15 is 0 Å². The summed E-state index contributed by atoms with van der Waals surface area (Å²) in [5.74, 6) is 0.0272. The number of nitrogens with zero attached hydrogens (tertiary/aromatic N) is 2. The Balaban J connectivity index is 1.68. The van der Waals surface area contributed by atoms with Crippen molar-refractivity contribution in [1.29, 1.82) is 0 Å². The van der Waals surface area contributed by atoms with E-state index < -0.39 is 0 Å². The Kier molecular flexibility index (Phi) is 6.88. The van der Waals surface area contributed by atoms with Crippen molar-refractivity contribution in [3.8, 4) is 0 Å². The van der Waals surface area contributed by atoms with Crippen LogP contribution in [-0.2, 0) is 4.79 Å². The van der Waals surface area contributed by atoms with Crippen molar-refractivity contribution in [1.82, 2.24) is 9.80 Å². The van der Waals surface area contributed by atoms with Crippen LogP contribution >= 0.6 is 15.9 Å². The van der Waals surface area contributed by atoms with Crippen LogP contribution in [0.3, 0.4) is 0 Å². The molecule has 1 heterocycles. The molecule has 144 valence electrons. The fourth-order valence-corrected chi connectivity index (χ4v) is 3.85. The minimum absolute atomic E-state index is 0.0272. The highest BCUT2D eigenvalue weighted by Gasteiger charge is 2.27. The molecule has 0 spiro atoms. The quantitative estimate of drug-likeness (QED) is 0.706. The van der Waals surface area contributed by atoms with Gasteiger partial charge in [0.2, 0.25) is 5.91 Å². The summed E-state index contributed by atoms with van der Waals surface area (Å²) in [5.41, 5.74) is 2.01. The van der Waals surface area contributed by atoms with Gasteiger partial charge in [0.05, 0.1) is 18.7 Å². The molecule has 2 aromatic carbocycles. The van der Waals surface area contributed by atoms with Crippen molar-refractivity contribution in [2.75, 3.05) is 38.5 Å². The number of likely N-dealkylation sites (N-methyl/N-ethyl adjacent to an activating group) is 1. The molecule has 27 heavy (non-hydrogen) atoms. The average Bonchev–Trinajstić information content (AvgIpc) is 3.10. The number of para-hydroxylation sites is 1. The highest BCUT2D eigenvalue weighted by atomic mass is 79.9. The Morgan fingerprint density at radius 3 is 2.63 bits per heavy atom. The number of likely N-dealkylation sites (tertiary alicyclic amines) is 1. The van der Waals surface area contributed by atoms with E-state index in [9.17, 15) is 9.90 Å². The number of β-amino-alcohol motifs (C(OH)–C–C–N with tert-alkyl or cyclic N) is 1. The molecule has 0 radical (unpaired) electrons. The predicted molar refractivity (Wildman–Crippen MR) is 112 cm³/mol. The van der Waals surface area contributed by atoms with E-state index in [1.54, 1.807) is 0 Å². The Morgan fingerprint density at radius 2 is 1.96 bits per heavy atom. The first-order valence-corrected chi connectivity index (χ1v) is 10.0. The number of nitrogens with one attached hydrogen (secondary N) is 1. The lowest BCUT2D eigenvalue weighted by atomic mass is 10.0. The molecule has 0 aromatic heterocycles. The Labute approximate surface area is 169 Å². The van der Waals surface area contributed by atoms with Crippen LogP contribution in [0.15, 0.2) is 59.1 Å². The lowest BCUT2D eigenvalue weighted by molar-refractivity contribution is -0.130. The fourth-order valence-electron chi connectivity index (χ4n) is 3.42. The molecule has 1 amide bonds. The van der Waals surface area contributed by atoms with Gasteiger partial charge in [0.25, 0.3) is 0 Å². The standard InChI is InChI=1S/C21H26BrN3O2/c1-24(21(27)13-23-19-10-6-5-9-18(19)22)20(16-7-3-2-4-8-16)15-25-12-11-17(26)14-25/h2-10,17,20,23,26H,11-15H2,1H3. The normalized spacial score (nSPS) is 18.3. The summed E-state index contributed by atoms with van der Waals surface area (Å²) in [6.45, 7) is 2.48. The third-order valence-corrected chi connectivity index (χ3v) is 5.72. The first kappa shape index (κ1) is 19.9. The van der Waals surface area contributed by atoms with E-state index in [-0.39, 0.29) is 24.6 Å². The van der Waals surface area contributed by atoms with E-state index in [0.29, 0.717) is 6.54 Å². The molecule has 2 unspecified atom stereocenters. The van der Waals surface area contributed by atoms with Crippen LogP contribution in [0.25, 0.3) is 0 Å². The summed E-state index contributed by atoms with van der Waals surface area (Å²) in [7, 11) is 1.86. The van der Waals surface area contributed by atoms with Gasteiger partial charge in [0.1, 0.15) is 0 Å². The number of aliphatic hydroxyl groups is 1. The van der Waals surface area contributed by atoms with E-state index in [1.165, 1.54) is 0 Å². The maximum Gasteiger partial charge on any atom is 0.242 e. The summed E-state index contributed by atoms with van der Waals surface area (Å²) in [6.07, 6.45) is 0.530. The number of amides is 1. The molecule has 1 aliphatic rings. The van der Waals surface area contributed by atoms with Crippen LogP contribution in [-0.4, -0.2) is 60.1 Å². The van der Waals surface area contributed by atoms with Gasteiger partial charge in [0.15, 0.2) is 0 Å². The monoisotopic (exact) mass is 431 g/mol. The van der Waals surface area contributed by atoms with Crippen molar-refractivity contribution in [2.24, 2.45) is 0 Å². The molecule has 2 aromatic rings. The molecule has 3 rings (SSSR count). The van der Waals surface area contributed by atoms with Crippen molar-refractivity contribution < 1.29 is 9.90 Å². The number of rotatable bonds is 7. The molecule has 1 saturated heterocycles. The van der Waals surface area contributed by atoms with E-state index in [4.69, 9.17) is 0 Å². The van der Waals surface area contributed by atoms with E-state index in [2.05, 4.69) is 38.3 Å². The summed E-state index contributed by atoms with van der Waals surface area (Å²) in [4.78, 5) is 16.9. The summed E-state index contributed by atoms with van der Waals surface area (Å²) in [5, 5.41) is 13.0. The van der Waals surface area contributed by atoms with Gasteiger partial charge in [-0.1, -0.05) is 42.5 Å². The molecule has 1 fully saturated rings. The smallest absolute Gasteiger partial charge is 0.242 e. The Hall–Kier alpha value is -1.89. The summed E-state index contributed by atoms with van der Waals surface area (Å²) < 4.78 is 0.936. The van der Waals surface area contributed by atoms with Crippen molar-refractivity contribution in [3.05, 3.63) is 64.6 Å². The SMILES string of the molecule is CN(C(=O)CNc1ccccc1Br)C(CN1CCC(O)C1)c1ccccc1. The van der Waals surface area contributed by atoms with Crippen LogP contribution in [0, 0.1) is 0 Å². The molecule has 2 atom stereocenters. The lowest BCUT2D eigenvalue weighted by Gasteiger charge is -2.32. The predicted octanol–water partition coefficient (Wildman–Crippen LogP) is 3.13. The zero-order valence-electron chi connectivity index (χ0n) is 15.5. The zero-order chi connectivity index (χ0) is 19.2. The van der Waals surface area contributed by atoms with Gasteiger partial charge in [-0.05, 0) is 40.0 Å². The number of benzene rings is 2. The van der Waals surface area contributed by atoms with Gasteiger partial charge in [-0.25, -0.2) is 0 Å². The first-order chi connectivity index (χ1) is 13.0. The minimum atomic E-state index is -0.264. The topological polar surface area (TPSA) is 55.8 Å². The Morgan fingerprint density at radius 1 is 1.26 bits per heavy atom. The van der Waals surface area contributed by atoms with Crippen molar-refractivity contribution in [2.45, 2.75) is 18.6 Å². The maximum absolute atomic E-state index is 12.9. The average molecular weight is 432 g/mol. The molecule has 6 heteroatoms. The number of carbonyl (C=O) groups is 1. The number of carbonyl (C=O) groups excluding carboxylic acids is 1. The molecule has 2 N–H and O–H groups in total. The first-order valence-electron chi connectivity index (χ1n) is 9.24. The highest BCUT2D eigenvalue weighted by Crippen LogP contribution is 2.24. The Bertz CT molecular complexity index is 756. The number of hydrogen-bond acceptors (Lipinski definition) is 4. The molecule has 5 nitrogen and oxygen atoms in total. The van der Waals surface area contributed by atoms with Gasteiger partial charge in [-0.2, -0.15) is 0 Å². The molecular weight excluding hydrogens is 406 g/mol. The largest absolute Gasteiger partial charge is 0.392 e. The molecule has 0 aliphatic carbocycles. The number of aliphatic hydroxyl groups excluding tert-OH is 1. The molecular formula is C21H26BrN3O2. The number of anilines is 1. The maximum atomic E-state index is 12.9. The van der Waals surface area contributed by atoms with Gasteiger partial charge >= 0.3 is 0 Å². The minimum Gasteiger partial charge on any atom is -0.392 e. The van der Waals surface area contributed by atoms with Crippen molar-refractivity contribution >= 4 is 27.5 Å². The van der Waals surface area contributed by atoms with Crippen molar-refractivity contribution in [3.63, 3.8) is 0 Å². The van der Waals surface area contributed by atoms with Crippen LogP contribution in [0.4, 0.5) is 5.69 Å².